The van der Waals surface area contributed by atoms with Crippen LogP contribution in [0, 0.1) is 6.92 Å². The molecule has 2 rings (SSSR count). The second-order valence-electron chi connectivity index (χ2n) is 4.67. The van der Waals surface area contributed by atoms with Gasteiger partial charge in [-0.25, -0.2) is 9.78 Å². The van der Waals surface area contributed by atoms with Gasteiger partial charge in [-0.15, -0.1) is 0 Å². The first-order valence-electron chi connectivity index (χ1n) is 6.40. The molecule has 19 heavy (non-hydrogen) atoms. The van der Waals surface area contributed by atoms with E-state index in [0.717, 1.165) is 18.4 Å². The van der Waals surface area contributed by atoms with Crippen molar-refractivity contribution >= 4 is 5.97 Å². The van der Waals surface area contributed by atoms with Gasteiger partial charge in [-0.3, -0.25) is 0 Å². The van der Waals surface area contributed by atoms with Gasteiger partial charge in [0.2, 0.25) is 0 Å². The lowest BCUT2D eigenvalue weighted by Gasteiger charge is -2.03. The van der Waals surface area contributed by atoms with E-state index in [-0.39, 0.29) is 5.69 Å². The number of nitrogens with zero attached hydrogens (tertiary/aromatic N) is 2. The van der Waals surface area contributed by atoms with Crippen LogP contribution in [0.2, 0.25) is 0 Å². The van der Waals surface area contributed by atoms with Crippen LogP contribution in [0.15, 0.2) is 24.3 Å². The van der Waals surface area contributed by atoms with Crippen molar-refractivity contribution in [2.75, 3.05) is 0 Å². The largest absolute Gasteiger partial charge is 0.477 e. The summed E-state index contributed by atoms with van der Waals surface area (Å²) in [6, 6.07) is 7.96. The number of carboxylic acid groups (broad SMARTS) is 1. The van der Waals surface area contributed by atoms with Gasteiger partial charge in [0.25, 0.3) is 0 Å². The number of benzene rings is 1. The molecule has 0 radical (unpaired) electrons. The van der Waals surface area contributed by atoms with Gasteiger partial charge in [0, 0.05) is 12.6 Å². The Balaban J connectivity index is 2.47. The van der Waals surface area contributed by atoms with Crippen molar-refractivity contribution in [3.8, 4) is 11.3 Å². The molecule has 1 N–H and O–H groups in total. The van der Waals surface area contributed by atoms with Crippen molar-refractivity contribution in [1.82, 2.24) is 9.55 Å². The van der Waals surface area contributed by atoms with Crippen molar-refractivity contribution in [2.45, 2.75) is 26.7 Å². The molecule has 4 nitrogen and oxygen atoms in total. The lowest BCUT2D eigenvalue weighted by molar-refractivity contribution is 0.0687. The van der Waals surface area contributed by atoms with Crippen LogP contribution < -0.4 is 0 Å². The Morgan fingerprint density at radius 2 is 1.95 bits per heavy atom. The molecular weight excluding hydrogens is 240 g/mol. The standard InChI is InChI=1S/C15H18N2O2/c1-4-5-11-6-8-12(9-7-11)13-14(15(18)19)17(3)10(2)16-13/h6-9H,4-5H2,1-3H3,(H,18,19). The highest BCUT2D eigenvalue weighted by Crippen LogP contribution is 2.24. The Labute approximate surface area is 112 Å². The van der Waals surface area contributed by atoms with E-state index in [1.54, 1.807) is 18.5 Å². The summed E-state index contributed by atoms with van der Waals surface area (Å²) < 4.78 is 1.61. The quantitative estimate of drug-likeness (QED) is 0.917. The molecular formula is C15H18N2O2. The Morgan fingerprint density at radius 3 is 2.47 bits per heavy atom. The fraction of sp³-hybridized carbons (Fsp3) is 0.333. The van der Waals surface area contributed by atoms with Crippen molar-refractivity contribution < 1.29 is 9.90 Å². The normalized spacial score (nSPS) is 10.7. The average Bonchev–Trinajstić information content (AvgIpc) is 2.67. The molecule has 1 aromatic heterocycles. The van der Waals surface area contributed by atoms with Crippen LogP contribution in [0.3, 0.4) is 0 Å². The number of imidazole rings is 1. The zero-order valence-electron chi connectivity index (χ0n) is 11.5. The van der Waals surface area contributed by atoms with Crippen LogP contribution in [0.4, 0.5) is 0 Å². The van der Waals surface area contributed by atoms with Crippen LogP contribution >= 0.6 is 0 Å². The third kappa shape index (κ3) is 2.52. The predicted molar refractivity (Wildman–Crippen MR) is 74.3 cm³/mol. The molecule has 0 spiro atoms. The van der Waals surface area contributed by atoms with Gasteiger partial charge in [-0.05, 0) is 18.9 Å². The second-order valence-corrected chi connectivity index (χ2v) is 4.67. The van der Waals surface area contributed by atoms with Crippen LogP contribution in [-0.4, -0.2) is 20.6 Å². The molecule has 0 saturated heterocycles. The zero-order valence-corrected chi connectivity index (χ0v) is 11.5. The van der Waals surface area contributed by atoms with Gasteiger partial charge in [0.05, 0.1) is 0 Å². The van der Waals surface area contributed by atoms with Crippen LogP contribution in [-0.2, 0) is 13.5 Å². The number of carbonyl (C=O) groups is 1. The van der Waals surface area contributed by atoms with E-state index in [2.05, 4.69) is 11.9 Å². The number of hydrogen-bond acceptors (Lipinski definition) is 2. The molecule has 0 atom stereocenters. The van der Waals surface area contributed by atoms with Crippen LogP contribution in [0.25, 0.3) is 11.3 Å². The molecule has 2 aromatic rings. The van der Waals surface area contributed by atoms with Gasteiger partial charge in [-0.2, -0.15) is 0 Å². The smallest absolute Gasteiger partial charge is 0.354 e. The lowest BCUT2D eigenvalue weighted by Crippen LogP contribution is -2.06. The van der Waals surface area contributed by atoms with Crippen molar-refractivity contribution in [2.24, 2.45) is 7.05 Å². The first kappa shape index (κ1) is 13.3. The maximum atomic E-state index is 11.3. The molecule has 0 aliphatic carbocycles. The van der Waals surface area contributed by atoms with Gasteiger partial charge >= 0.3 is 5.97 Å². The first-order valence-corrected chi connectivity index (χ1v) is 6.40. The van der Waals surface area contributed by atoms with E-state index < -0.39 is 5.97 Å². The van der Waals surface area contributed by atoms with Gasteiger partial charge < -0.3 is 9.67 Å². The fourth-order valence-corrected chi connectivity index (χ4v) is 2.17. The van der Waals surface area contributed by atoms with Gasteiger partial charge in [-0.1, -0.05) is 37.6 Å². The molecule has 0 unspecified atom stereocenters. The summed E-state index contributed by atoms with van der Waals surface area (Å²) in [5.74, 6) is -0.249. The minimum atomic E-state index is -0.948. The molecule has 0 aliphatic heterocycles. The van der Waals surface area contributed by atoms with E-state index in [4.69, 9.17) is 0 Å². The van der Waals surface area contributed by atoms with E-state index in [1.165, 1.54) is 5.56 Å². The third-order valence-corrected chi connectivity index (χ3v) is 3.29. The zero-order chi connectivity index (χ0) is 14.0. The molecule has 1 aromatic carbocycles. The molecule has 0 saturated carbocycles. The highest BCUT2D eigenvalue weighted by atomic mass is 16.4. The number of aromatic carboxylic acids is 1. The molecule has 0 fully saturated rings. The van der Waals surface area contributed by atoms with Gasteiger partial charge in [0.15, 0.2) is 5.69 Å². The van der Waals surface area contributed by atoms with Crippen molar-refractivity contribution in [3.05, 3.63) is 41.3 Å². The third-order valence-electron chi connectivity index (χ3n) is 3.29. The highest BCUT2D eigenvalue weighted by molar-refractivity contribution is 5.93. The van der Waals surface area contributed by atoms with E-state index in [0.29, 0.717) is 11.5 Å². The Morgan fingerprint density at radius 1 is 1.32 bits per heavy atom. The molecule has 0 aliphatic rings. The monoisotopic (exact) mass is 258 g/mol. The Bertz CT molecular complexity index is 597. The maximum Gasteiger partial charge on any atom is 0.354 e. The number of aromatic nitrogens is 2. The number of aryl methyl sites for hydroxylation is 2. The summed E-state index contributed by atoms with van der Waals surface area (Å²) in [6.45, 7) is 3.94. The number of rotatable bonds is 4. The molecule has 1 heterocycles. The molecule has 0 amide bonds. The SMILES string of the molecule is CCCc1ccc(-c2nc(C)n(C)c2C(=O)O)cc1. The van der Waals surface area contributed by atoms with E-state index in [1.807, 2.05) is 24.3 Å². The summed E-state index contributed by atoms with van der Waals surface area (Å²) in [6.07, 6.45) is 2.13. The number of carboxylic acids is 1. The average molecular weight is 258 g/mol. The molecule has 100 valence electrons. The summed E-state index contributed by atoms with van der Waals surface area (Å²) in [5.41, 5.74) is 2.88. The Kier molecular flexibility index (Phi) is 3.69. The van der Waals surface area contributed by atoms with Crippen LogP contribution in [0.1, 0.15) is 35.2 Å². The molecule has 4 heteroatoms. The lowest BCUT2D eigenvalue weighted by atomic mass is 10.0. The summed E-state index contributed by atoms with van der Waals surface area (Å²) >= 11 is 0. The maximum absolute atomic E-state index is 11.3. The Hall–Kier alpha value is -2.10. The van der Waals surface area contributed by atoms with Crippen molar-refractivity contribution in [1.29, 1.82) is 0 Å². The van der Waals surface area contributed by atoms with E-state index >= 15 is 0 Å². The number of hydrogen-bond donors (Lipinski definition) is 1. The highest BCUT2D eigenvalue weighted by Gasteiger charge is 2.19. The summed E-state index contributed by atoms with van der Waals surface area (Å²) in [5, 5.41) is 9.30. The van der Waals surface area contributed by atoms with E-state index in [9.17, 15) is 9.90 Å². The van der Waals surface area contributed by atoms with Crippen LogP contribution in [0.5, 0.6) is 0 Å². The molecule has 0 bridgehead atoms. The topological polar surface area (TPSA) is 55.1 Å². The minimum Gasteiger partial charge on any atom is -0.477 e. The van der Waals surface area contributed by atoms with Crippen molar-refractivity contribution in [3.63, 3.8) is 0 Å². The summed E-state index contributed by atoms with van der Waals surface area (Å²) in [4.78, 5) is 15.7. The van der Waals surface area contributed by atoms with Gasteiger partial charge in [0.1, 0.15) is 11.5 Å². The second kappa shape index (κ2) is 5.26. The minimum absolute atomic E-state index is 0.237. The predicted octanol–water partition coefficient (Wildman–Crippen LogP) is 3.05. The fourth-order valence-electron chi connectivity index (χ4n) is 2.17. The first-order chi connectivity index (χ1) is 9.04. The summed E-state index contributed by atoms with van der Waals surface area (Å²) in [7, 11) is 1.72.